The van der Waals surface area contributed by atoms with Crippen molar-refractivity contribution in [2.45, 2.75) is 0 Å². The number of hydrogen-bond donors (Lipinski definition) is 1. The quantitative estimate of drug-likeness (QED) is 0.773. The standard InChI is InChI=1S/C10H10O6/c1-13-8-6(12)5(3-11)7-10(9(8)14-2)16-4-15-7/h3,12H,4H2,1-2H3. The Kier molecular flexibility index (Phi) is 2.47. The topological polar surface area (TPSA) is 74.2 Å². The van der Waals surface area contributed by atoms with Crippen molar-refractivity contribution >= 4 is 6.29 Å². The lowest BCUT2D eigenvalue weighted by Crippen LogP contribution is -1.96. The van der Waals surface area contributed by atoms with Crippen LogP contribution in [0.25, 0.3) is 0 Å². The second kappa shape index (κ2) is 3.80. The van der Waals surface area contributed by atoms with Crippen LogP contribution >= 0.6 is 0 Å². The minimum atomic E-state index is -0.321. The lowest BCUT2D eigenvalue weighted by atomic mass is 10.1. The molecule has 0 aromatic heterocycles. The number of benzene rings is 1. The first-order valence-corrected chi connectivity index (χ1v) is 4.46. The van der Waals surface area contributed by atoms with Crippen LogP contribution in [0, 0.1) is 0 Å². The van der Waals surface area contributed by atoms with E-state index in [9.17, 15) is 9.90 Å². The molecule has 86 valence electrons. The number of fused-ring (bicyclic) bond motifs is 1. The molecule has 0 unspecified atom stereocenters. The summed E-state index contributed by atoms with van der Waals surface area (Å²) in [7, 11) is 2.76. The zero-order valence-corrected chi connectivity index (χ0v) is 8.77. The SMILES string of the molecule is COc1c(O)c(C=O)c2c(c1OC)OCO2. The van der Waals surface area contributed by atoms with E-state index in [1.54, 1.807) is 0 Å². The van der Waals surface area contributed by atoms with E-state index in [4.69, 9.17) is 18.9 Å². The molecule has 0 aliphatic carbocycles. The zero-order valence-electron chi connectivity index (χ0n) is 8.77. The maximum atomic E-state index is 10.9. The van der Waals surface area contributed by atoms with Gasteiger partial charge in [0.05, 0.1) is 14.2 Å². The van der Waals surface area contributed by atoms with Crippen molar-refractivity contribution in [3.8, 4) is 28.7 Å². The highest BCUT2D eigenvalue weighted by Crippen LogP contribution is 2.54. The Bertz CT molecular complexity index is 436. The van der Waals surface area contributed by atoms with E-state index in [-0.39, 0.29) is 41.1 Å². The van der Waals surface area contributed by atoms with Crippen molar-refractivity contribution < 1.29 is 28.8 Å². The van der Waals surface area contributed by atoms with Crippen LogP contribution in [0.15, 0.2) is 0 Å². The van der Waals surface area contributed by atoms with Gasteiger partial charge < -0.3 is 24.1 Å². The minimum absolute atomic E-state index is 0.00912. The van der Waals surface area contributed by atoms with Crippen LogP contribution in [0.2, 0.25) is 0 Å². The van der Waals surface area contributed by atoms with Gasteiger partial charge in [0, 0.05) is 0 Å². The van der Waals surface area contributed by atoms with Crippen LogP contribution < -0.4 is 18.9 Å². The molecule has 2 rings (SSSR count). The summed E-state index contributed by atoms with van der Waals surface area (Å²) in [4.78, 5) is 10.9. The normalized spacial score (nSPS) is 12.4. The van der Waals surface area contributed by atoms with Gasteiger partial charge >= 0.3 is 0 Å². The van der Waals surface area contributed by atoms with Gasteiger partial charge in [0.15, 0.2) is 17.8 Å². The van der Waals surface area contributed by atoms with Gasteiger partial charge in [0.25, 0.3) is 0 Å². The fourth-order valence-corrected chi connectivity index (χ4v) is 1.57. The number of aldehydes is 1. The summed E-state index contributed by atoms with van der Waals surface area (Å²) >= 11 is 0. The van der Waals surface area contributed by atoms with Crippen molar-refractivity contribution in [3.63, 3.8) is 0 Å². The predicted octanol–water partition coefficient (Wildman–Crippen LogP) is 0.951. The largest absolute Gasteiger partial charge is 0.504 e. The van der Waals surface area contributed by atoms with Gasteiger partial charge in [-0.25, -0.2) is 0 Å². The predicted molar refractivity (Wildman–Crippen MR) is 52.7 cm³/mol. The number of methoxy groups -OCH3 is 2. The first-order valence-electron chi connectivity index (χ1n) is 4.46. The third-order valence-electron chi connectivity index (χ3n) is 2.27. The number of hydrogen-bond acceptors (Lipinski definition) is 6. The molecular weight excluding hydrogens is 216 g/mol. The first-order chi connectivity index (χ1) is 7.74. The molecule has 1 heterocycles. The summed E-state index contributed by atoms with van der Waals surface area (Å²) in [6.07, 6.45) is 0.477. The Hall–Kier alpha value is -2.11. The zero-order chi connectivity index (χ0) is 11.7. The van der Waals surface area contributed by atoms with Crippen LogP contribution in [-0.2, 0) is 0 Å². The van der Waals surface area contributed by atoms with Crippen LogP contribution in [-0.4, -0.2) is 32.4 Å². The van der Waals surface area contributed by atoms with Crippen molar-refractivity contribution in [3.05, 3.63) is 5.56 Å². The monoisotopic (exact) mass is 226 g/mol. The first kappa shape index (κ1) is 10.4. The molecule has 6 nitrogen and oxygen atoms in total. The van der Waals surface area contributed by atoms with E-state index in [0.29, 0.717) is 6.29 Å². The number of carbonyl (C=O) groups excluding carboxylic acids is 1. The third-order valence-corrected chi connectivity index (χ3v) is 2.27. The third kappa shape index (κ3) is 1.23. The Labute approximate surface area is 91.3 Å². The second-order valence-electron chi connectivity index (χ2n) is 3.01. The molecule has 0 amide bonds. The Morgan fingerprint density at radius 3 is 2.38 bits per heavy atom. The average Bonchev–Trinajstić information content (AvgIpc) is 2.76. The number of phenolic OH excluding ortho intramolecular Hbond substituents is 1. The summed E-state index contributed by atoms with van der Waals surface area (Å²) in [6.45, 7) is -0.0286. The van der Waals surface area contributed by atoms with Crippen LogP contribution in [0.5, 0.6) is 28.7 Å². The number of aromatic hydroxyl groups is 1. The molecule has 6 heteroatoms. The smallest absolute Gasteiger partial charge is 0.231 e. The number of ether oxygens (including phenoxy) is 4. The summed E-state index contributed by atoms with van der Waals surface area (Å²) in [5.41, 5.74) is -0.00912. The molecule has 1 aliphatic heterocycles. The van der Waals surface area contributed by atoms with E-state index < -0.39 is 0 Å². The van der Waals surface area contributed by atoms with Gasteiger partial charge in [0.2, 0.25) is 24.0 Å². The van der Waals surface area contributed by atoms with Gasteiger partial charge in [0.1, 0.15) is 5.56 Å². The summed E-state index contributed by atoms with van der Waals surface area (Å²) in [5, 5.41) is 9.79. The van der Waals surface area contributed by atoms with E-state index in [1.807, 2.05) is 0 Å². The number of rotatable bonds is 3. The van der Waals surface area contributed by atoms with Crippen LogP contribution in [0.1, 0.15) is 10.4 Å². The van der Waals surface area contributed by atoms with Gasteiger partial charge in [-0.2, -0.15) is 0 Å². The molecule has 16 heavy (non-hydrogen) atoms. The van der Waals surface area contributed by atoms with Crippen molar-refractivity contribution in [2.75, 3.05) is 21.0 Å². The van der Waals surface area contributed by atoms with E-state index in [2.05, 4.69) is 0 Å². The van der Waals surface area contributed by atoms with Crippen molar-refractivity contribution in [1.82, 2.24) is 0 Å². The molecule has 1 aliphatic rings. The van der Waals surface area contributed by atoms with Crippen LogP contribution in [0.4, 0.5) is 0 Å². The average molecular weight is 226 g/mol. The number of carbonyl (C=O) groups is 1. The van der Waals surface area contributed by atoms with Crippen LogP contribution in [0.3, 0.4) is 0 Å². The Balaban J connectivity index is 2.77. The highest BCUT2D eigenvalue weighted by atomic mass is 16.7. The lowest BCUT2D eigenvalue weighted by Gasteiger charge is -2.13. The van der Waals surface area contributed by atoms with Crippen molar-refractivity contribution in [1.29, 1.82) is 0 Å². The molecule has 0 atom stereocenters. The van der Waals surface area contributed by atoms with Gasteiger partial charge in [-0.1, -0.05) is 0 Å². The Morgan fingerprint density at radius 2 is 1.81 bits per heavy atom. The summed E-state index contributed by atoms with van der Waals surface area (Å²) in [5.74, 6) is 0.370. The van der Waals surface area contributed by atoms with E-state index in [1.165, 1.54) is 14.2 Å². The highest BCUT2D eigenvalue weighted by Gasteiger charge is 2.31. The van der Waals surface area contributed by atoms with Gasteiger partial charge in [-0.05, 0) is 0 Å². The maximum absolute atomic E-state index is 10.9. The highest BCUT2D eigenvalue weighted by molar-refractivity contribution is 5.90. The number of phenols is 1. The van der Waals surface area contributed by atoms with E-state index in [0.717, 1.165) is 0 Å². The second-order valence-corrected chi connectivity index (χ2v) is 3.01. The molecular formula is C10H10O6. The van der Waals surface area contributed by atoms with E-state index >= 15 is 0 Å². The molecule has 0 bridgehead atoms. The molecule has 1 aromatic carbocycles. The molecule has 0 radical (unpaired) electrons. The molecule has 1 N–H and O–H groups in total. The fourth-order valence-electron chi connectivity index (χ4n) is 1.57. The summed E-state index contributed by atoms with van der Waals surface area (Å²) in [6, 6.07) is 0. The van der Waals surface area contributed by atoms with Gasteiger partial charge in [-0.15, -0.1) is 0 Å². The Morgan fingerprint density at radius 1 is 1.19 bits per heavy atom. The minimum Gasteiger partial charge on any atom is -0.504 e. The molecule has 0 saturated carbocycles. The molecule has 0 saturated heterocycles. The maximum Gasteiger partial charge on any atom is 0.231 e. The van der Waals surface area contributed by atoms with Gasteiger partial charge in [-0.3, -0.25) is 4.79 Å². The fraction of sp³-hybridized carbons (Fsp3) is 0.300. The molecule has 1 aromatic rings. The lowest BCUT2D eigenvalue weighted by molar-refractivity contribution is 0.111. The molecule has 0 fully saturated rings. The molecule has 0 spiro atoms. The summed E-state index contributed by atoms with van der Waals surface area (Å²) < 4.78 is 20.3. The van der Waals surface area contributed by atoms with Crippen molar-refractivity contribution in [2.24, 2.45) is 0 Å².